The van der Waals surface area contributed by atoms with Crippen LogP contribution in [-0.4, -0.2) is 9.13 Å². The average Bonchev–Trinajstić information content (AvgIpc) is 3.89. The molecule has 0 N–H and O–H groups in total. The van der Waals surface area contributed by atoms with Gasteiger partial charge in [-0.25, -0.2) is 0 Å². The van der Waals surface area contributed by atoms with Gasteiger partial charge >= 0.3 is 0 Å². The van der Waals surface area contributed by atoms with Crippen LogP contribution in [0.15, 0.2) is 186 Å². The molecule has 3 heteroatoms. The van der Waals surface area contributed by atoms with Gasteiger partial charge < -0.3 is 13.6 Å². The molecule has 0 fully saturated rings. The van der Waals surface area contributed by atoms with Crippen molar-refractivity contribution in [3.63, 3.8) is 0 Å². The molecule has 252 valence electrons. The molecule has 0 aliphatic carbocycles. The van der Waals surface area contributed by atoms with Crippen molar-refractivity contribution in [2.24, 2.45) is 0 Å². The number of aromatic nitrogens is 2. The van der Waals surface area contributed by atoms with Crippen molar-refractivity contribution in [3.05, 3.63) is 182 Å². The maximum atomic E-state index is 6.16. The fourth-order valence-corrected chi connectivity index (χ4v) is 8.15. The van der Waals surface area contributed by atoms with Gasteiger partial charge in [0.25, 0.3) is 0 Å². The second-order valence-electron chi connectivity index (χ2n) is 13.4. The van der Waals surface area contributed by atoms with Gasteiger partial charge in [0.1, 0.15) is 11.2 Å². The third kappa shape index (κ3) is 4.89. The number of fused-ring (bicyclic) bond motifs is 9. The summed E-state index contributed by atoms with van der Waals surface area (Å²) in [5, 5.41) is 7.24. The van der Waals surface area contributed by atoms with E-state index < -0.39 is 0 Å². The third-order valence-electron chi connectivity index (χ3n) is 10.5. The van der Waals surface area contributed by atoms with E-state index in [4.69, 9.17) is 4.42 Å². The van der Waals surface area contributed by atoms with Crippen LogP contribution >= 0.6 is 0 Å². The van der Waals surface area contributed by atoms with Gasteiger partial charge in [0.15, 0.2) is 0 Å². The highest BCUT2D eigenvalue weighted by molar-refractivity contribution is 6.13. The zero-order valence-electron chi connectivity index (χ0n) is 29.6. The molecule has 3 heterocycles. The predicted octanol–water partition coefficient (Wildman–Crippen LogP) is 14.1. The minimum absolute atomic E-state index is 0.906. The van der Waals surface area contributed by atoms with Crippen molar-refractivity contribution in [1.29, 1.82) is 0 Å². The predicted molar refractivity (Wildman–Crippen MR) is 225 cm³/mol. The molecule has 0 amide bonds. The number of furan rings is 1. The fraction of sp³-hybridized carbons (Fsp3) is 0.0400. The molecule has 0 unspecified atom stereocenters. The Hall–Kier alpha value is -6.84. The van der Waals surface area contributed by atoms with Crippen LogP contribution in [0.4, 0.5) is 0 Å². The van der Waals surface area contributed by atoms with Crippen LogP contribution in [0.25, 0.3) is 99.2 Å². The Kier molecular flexibility index (Phi) is 7.26. The number of para-hydroxylation sites is 3. The van der Waals surface area contributed by atoms with Crippen molar-refractivity contribution in [2.45, 2.75) is 13.8 Å². The van der Waals surface area contributed by atoms with Crippen LogP contribution in [0.1, 0.15) is 13.8 Å². The van der Waals surface area contributed by atoms with Gasteiger partial charge in [0, 0.05) is 43.7 Å². The topological polar surface area (TPSA) is 23.0 Å². The van der Waals surface area contributed by atoms with Crippen LogP contribution in [-0.2, 0) is 0 Å². The zero-order valence-corrected chi connectivity index (χ0v) is 29.6. The van der Waals surface area contributed by atoms with E-state index in [2.05, 4.69) is 179 Å². The molecule has 0 aliphatic heterocycles. The second kappa shape index (κ2) is 12.4. The summed E-state index contributed by atoms with van der Waals surface area (Å²) in [7, 11) is 0. The van der Waals surface area contributed by atoms with E-state index in [1.54, 1.807) is 0 Å². The zero-order chi connectivity index (χ0) is 35.5. The number of benzene rings is 8. The standard InChI is InChI=1S/C48H30N2O.C2H6/c1-2-10-31(11-3-1)32-18-22-35(23-19-32)49-43-15-7-4-12-37(43)40-28-33(20-25-45(40)49)34-21-26-46-41(29-34)38-13-5-8-16-44(38)50(46)36-24-27-48-42(30-36)39-14-6-9-17-47(39)51-48;1-2/h1-30H;1-2H3. The molecule has 11 rings (SSSR count). The van der Waals surface area contributed by atoms with Crippen LogP contribution in [0.3, 0.4) is 0 Å². The summed E-state index contributed by atoms with van der Waals surface area (Å²) < 4.78 is 10.9. The molecule has 8 aromatic carbocycles. The van der Waals surface area contributed by atoms with E-state index in [9.17, 15) is 0 Å². The molecule has 53 heavy (non-hydrogen) atoms. The van der Waals surface area contributed by atoms with Crippen molar-refractivity contribution < 1.29 is 4.42 Å². The van der Waals surface area contributed by atoms with Crippen molar-refractivity contribution >= 4 is 65.6 Å². The van der Waals surface area contributed by atoms with Crippen LogP contribution in [0, 0.1) is 0 Å². The van der Waals surface area contributed by atoms with Crippen LogP contribution in [0.2, 0.25) is 0 Å². The van der Waals surface area contributed by atoms with E-state index in [1.807, 2.05) is 26.0 Å². The molecule has 0 saturated carbocycles. The van der Waals surface area contributed by atoms with Crippen LogP contribution < -0.4 is 0 Å². The van der Waals surface area contributed by atoms with Gasteiger partial charge in [-0.2, -0.15) is 0 Å². The van der Waals surface area contributed by atoms with Crippen molar-refractivity contribution in [1.82, 2.24) is 9.13 Å². The molecule has 3 nitrogen and oxygen atoms in total. The van der Waals surface area contributed by atoms with E-state index in [0.717, 1.165) is 33.3 Å². The lowest BCUT2D eigenvalue weighted by molar-refractivity contribution is 0.669. The smallest absolute Gasteiger partial charge is 0.135 e. The molecule has 3 aromatic heterocycles. The number of hydrogen-bond donors (Lipinski definition) is 0. The van der Waals surface area contributed by atoms with Crippen molar-refractivity contribution in [3.8, 4) is 33.6 Å². The normalized spacial score (nSPS) is 11.6. The third-order valence-corrected chi connectivity index (χ3v) is 10.5. The monoisotopic (exact) mass is 680 g/mol. The maximum Gasteiger partial charge on any atom is 0.135 e. The molecule has 0 atom stereocenters. The lowest BCUT2D eigenvalue weighted by Crippen LogP contribution is -1.94. The molecule has 0 bridgehead atoms. The lowest BCUT2D eigenvalue weighted by Gasteiger charge is -2.10. The summed E-state index contributed by atoms with van der Waals surface area (Å²) in [6.45, 7) is 4.00. The fourth-order valence-electron chi connectivity index (χ4n) is 8.15. The maximum absolute atomic E-state index is 6.16. The number of hydrogen-bond acceptors (Lipinski definition) is 1. The highest BCUT2D eigenvalue weighted by atomic mass is 16.3. The Morgan fingerprint density at radius 1 is 0.302 bits per heavy atom. The van der Waals surface area contributed by atoms with E-state index in [-0.39, 0.29) is 0 Å². The molecule has 0 aliphatic rings. The second-order valence-corrected chi connectivity index (χ2v) is 13.4. The minimum Gasteiger partial charge on any atom is -0.456 e. The molecule has 0 saturated heterocycles. The van der Waals surface area contributed by atoms with E-state index in [0.29, 0.717) is 0 Å². The Labute approximate surface area is 307 Å². The van der Waals surface area contributed by atoms with Crippen molar-refractivity contribution in [2.75, 3.05) is 0 Å². The SMILES string of the molecule is CC.c1ccc(-c2ccc(-n3c4ccccc4c4cc(-c5ccc6c(c5)c5ccccc5n6-c5ccc6oc7ccccc7c6c5)ccc43)cc2)cc1. The minimum atomic E-state index is 0.906. The summed E-state index contributed by atoms with van der Waals surface area (Å²) in [5.41, 5.74) is 13.7. The van der Waals surface area contributed by atoms with Gasteiger partial charge in [-0.1, -0.05) is 123 Å². The summed E-state index contributed by atoms with van der Waals surface area (Å²) in [6, 6.07) is 65.6. The first kappa shape index (κ1) is 30.9. The molecule has 11 aromatic rings. The van der Waals surface area contributed by atoms with Gasteiger partial charge in [-0.3, -0.25) is 0 Å². The molecular weight excluding hydrogens is 645 g/mol. The Bertz CT molecular complexity index is 3120. The average molecular weight is 681 g/mol. The lowest BCUT2D eigenvalue weighted by atomic mass is 10.0. The van der Waals surface area contributed by atoms with Gasteiger partial charge in [-0.05, 0) is 95.1 Å². The number of nitrogens with zero attached hydrogens (tertiary/aromatic N) is 2. The van der Waals surface area contributed by atoms with E-state index in [1.165, 1.54) is 65.9 Å². The first-order valence-electron chi connectivity index (χ1n) is 18.4. The first-order valence-corrected chi connectivity index (χ1v) is 18.4. The summed E-state index contributed by atoms with van der Waals surface area (Å²) in [5.74, 6) is 0. The highest BCUT2D eigenvalue weighted by Crippen LogP contribution is 2.39. The van der Waals surface area contributed by atoms with Crippen LogP contribution in [0.5, 0.6) is 0 Å². The van der Waals surface area contributed by atoms with Gasteiger partial charge in [-0.15, -0.1) is 0 Å². The summed E-state index contributed by atoms with van der Waals surface area (Å²) >= 11 is 0. The highest BCUT2D eigenvalue weighted by Gasteiger charge is 2.17. The molecule has 0 spiro atoms. The molecule has 0 radical (unpaired) electrons. The Morgan fingerprint density at radius 2 is 0.755 bits per heavy atom. The van der Waals surface area contributed by atoms with Gasteiger partial charge in [0.05, 0.1) is 22.1 Å². The number of rotatable bonds is 4. The summed E-state index contributed by atoms with van der Waals surface area (Å²) in [4.78, 5) is 0. The Morgan fingerprint density at radius 3 is 1.40 bits per heavy atom. The summed E-state index contributed by atoms with van der Waals surface area (Å²) in [6.07, 6.45) is 0. The van der Waals surface area contributed by atoms with E-state index >= 15 is 0 Å². The quantitative estimate of drug-likeness (QED) is 0.181. The molecular formula is C50H36N2O. The largest absolute Gasteiger partial charge is 0.456 e. The Balaban J connectivity index is 0.00000172. The van der Waals surface area contributed by atoms with Gasteiger partial charge in [0.2, 0.25) is 0 Å². The first-order chi connectivity index (χ1) is 26.3.